The highest BCUT2D eigenvalue weighted by atomic mass is 16.5. The predicted molar refractivity (Wildman–Crippen MR) is 70.5 cm³/mol. The Hall–Kier alpha value is -1.88. The lowest BCUT2D eigenvalue weighted by molar-refractivity contribution is -0.130. The third-order valence-corrected chi connectivity index (χ3v) is 3.38. The van der Waals surface area contributed by atoms with Crippen molar-refractivity contribution in [3.05, 3.63) is 35.9 Å². The van der Waals surface area contributed by atoms with E-state index in [9.17, 15) is 9.59 Å². The number of ether oxygens (including phenoxy) is 1. The van der Waals surface area contributed by atoms with Gasteiger partial charge in [0.2, 0.25) is 0 Å². The Morgan fingerprint density at radius 2 is 1.95 bits per heavy atom. The molecule has 3 amide bonds. The Kier molecular flexibility index (Phi) is 3.85. The standard InChI is InChI=1S/C14H18N2O3/c1-3-9-19-10-14(11-7-5-4-6-8-11)12(17)15-13(18)16(14)2/h4-8H,3,9-10H2,1-2H3,(H,15,17,18)/t14-/m0/s1. The lowest BCUT2D eigenvalue weighted by atomic mass is 9.89. The summed E-state index contributed by atoms with van der Waals surface area (Å²) in [5, 5.41) is 2.35. The molecule has 1 fully saturated rings. The predicted octanol–water partition coefficient (Wildman–Crippen LogP) is 1.49. The molecule has 0 radical (unpaired) electrons. The van der Waals surface area contributed by atoms with Gasteiger partial charge in [-0.05, 0) is 12.0 Å². The lowest BCUT2D eigenvalue weighted by Gasteiger charge is -2.32. The van der Waals surface area contributed by atoms with E-state index in [1.807, 2.05) is 37.3 Å². The third-order valence-electron chi connectivity index (χ3n) is 3.38. The van der Waals surface area contributed by atoms with Crippen molar-refractivity contribution in [1.29, 1.82) is 0 Å². The Morgan fingerprint density at radius 1 is 1.26 bits per heavy atom. The molecule has 0 spiro atoms. The van der Waals surface area contributed by atoms with Gasteiger partial charge in [-0.3, -0.25) is 10.1 Å². The fourth-order valence-electron chi connectivity index (χ4n) is 2.26. The van der Waals surface area contributed by atoms with Crippen LogP contribution in [0.3, 0.4) is 0 Å². The molecule has 0 aliphatic carbocycles. The van der Waals surface area contributed by atoms with E-state index in [2.05, 4.69) is 5.32 Å². The second-order valence-corrected chi connectivity index (χ2v) is 4.60. The van der Waals surface area contributed by atoms with Crippen molar-refractivity contribution in [2.75, 3.05) is 20.3 Å². The van der Waals surface area contributed by atoms with Crippen molar-refractivity contribution in [1.82, 2.24) is 10.2 Å². The van der Waals surface area contributed by atoms with Gasteiger partial charge in [0.1, 0.15) is 0 Å². The van der Waals surface area contributed by atoms with Crippen LogP contribution in [0, 0.1) is 0 Å². The van der Waals surface area contributed by atoms with Gasteiger partial charge in [-0.25, -0.2) is 4.79 Å². The van der Waals surface area contributed by atoms with Gasteiger partial charge in [-0.1, -0.05) is 37.3 Å². The number of nitrogens with one attached hydrogen (secondary N) is 1. The van der Waals surface area contributed by atoms with Gasteiger partial charge in [0, 0.05) is 13.7 Å². The first-order valence-electron chi connectivity index (χ1n) is 6.35. The van der Waals surface area contributed by atoms with Crippen LogP contribution in [0.2, 0.25) is 0 Å². The summed E-state index contributed by atoms with van der Waals surface area (Å²) in [6.45, 7) is 2.72. The summed E-state index contributed by atoms with van der Waals surface area (Å²) in [6.07, 6.45) is 0.865. The van der Waals surface area contributed by atoms with Gasteiger partial charge in [0.15, 0.2) is 5.54 Å². The zero-order valence-corrected chi connectivity index (χ0v) is 11.2. The maximum absolute atomic E-state index is 12.3. The zero-order valence-electron chi connectivity index (χ0n) is 11.2. The molecule has 1 saturated heterocycles. The van der Waals surface area contributed by atoms with Gasteiger partial charge >= 0.3 is 6.03 Å². The molecule has 1 atom stereocenters. The molecule has 1 aliphatic rings. The molecule has 1 aliphatic heterocycles. The molecule has 2 rings (SSSR count). The molecule has 0 aromatic heterocycles. The number of rotatable bonds is 5. The van der Waals surface area contributed by atoms with E-state index in [1.54, 1.807) is 7.05 Å². The molecular formula is C14H18N2O3. The van der Waals surface area contributed by atoms with Gasteiger partial charge in [0.05, 0.1) is 6.61 Å². The first-order valence-corrected chi connectivity index (χ1v) is 6.35. The Bertz CT molecular complexity index is 475. The average Bonchev–Trinajstić information content (AvgIpc) is 2.64. The van der Waals surface area contributed by atoms with E-state index >= 15 is 0 Å². The Balaban J connectivity index is 2.39. The summed E-state index contributed by atoms with van der Waals surface area (Å²) < 4.78 is 5.56. The molecule has 1 aromatic rings. The summed E-state index contributed by atoms with van der Waals surface area (Å²) in [5.41, 5.74) is -0.301. The molecule has 5 nitrogen and oxygen atoms in total. The molecule has 1 aromatic carbocycles. The molecular weight excluding hydrogens is 244 g/mol. The molecule has 5 heteroatoms. The van der Waals surface area contributed by atoms with Crippen LogP contribution in [0.1, 0.15) is 18.9 Å². The topological polar surface area (TPSA) is 58.6 Å². The zero-order chi connectivity index (χ0) is 13.9. The highest BCUT2D eigenvalue weighted by molar-refractivity contribution is 6.07. The number of nitrogens with zero attached hydrogens (tertiary/aromatic N) is 1. The minimum atomic E-state index is -1.06. The Labute approximate surface area is 112 Å². The minimum absolute atomic E-state index is 0.166. The summed E-state index contributed by atoms with van der Waals surface area (Å²) in [6, 6.07) is 8.85. The van der Waals surface area contributed by atoms with Crippen LogP contribution in [0.15, 0.2) is 30.3 Å². The lowest BCUT2D eigenvalue weighted by Crippen LogP contribution is -2.48. The first-order chi connectivity index (χ1) is 9.13. The first kappa shape index (κ1) is 13.5. The summed E-state index contributed by atoms with van der Waals surface area (Å²) >= 11 is 0. The monoisotopic (exact) mass is 262 g/mol. The maximum atomic E-state index is 12.3. The smallest absolute Gasteiger partial charge is 0.325 e. The molecule has 0 unspecified atom stereocenters. The van der Waals surface area contributed by atoms with Crippen molar-refractivity contribution in [3.8, 4) is 0 Å². The normalized spacial score (nSPS) is 22.7. The quantitative estimate of drug-likeness (QED) is 0.646. The van der Waals surface area contributed by atoms with Crippen LogP contribution in [-0.4, -0.2) is 37.1 Å². The molecule has 0 bridgehead atoms. The average molecular weight is 262 g/mol. The molecule has 1 heterocycles. The van der Waals surface area contributed by atoms with E-state index in [4.69, 9.17) is 4.74 Å². The fraction of sp³-hybridized carbons (Fsp3) is 0.429. The number of hydrogen-bond acceptors (Lipinski definition) is 3. The van der Waals surface area contributed by atoms with Gasteiger partial charge in [-0.15, -0.1) is 0 Å². The van der Waals surface area contributed by atoms with E-state index in [-0.39, 0.29) is 12.5 Å². The van der Waals surface area contributed by atoms with Gasteiger partial charge < -0.3 is 9.64 Å². The van der Waals surface area contributed by atoms with E-state index in [1.165, 1.54) is 4.90 Å². The molecule has 1 N–H and O–H groups in total. The maximum Gasteiger partial charge on any atom is 0.325 e. The van der Waals surface area contributed by atoms with Crippen LogP contribution in [0.4, 0.5) is 4.79 Å². The summed E-state index contributed by atoms with van der Waals surface area (Å²) in [4.78, 5) is 25.4. The summed E-state index contributed by atoms with van der Waals surface area (Å²) in [5.74, 6) is -0.331. The molecule has 102 valence electrons. The Morgan fingerprint density at radius 3 is 2.47 bits per heavy atom. The number of likely N-dealkylation sites (N-methyl/N-ethyl adjacent to an activating group) is 1. The number of urea groups is 1. The van der Waals surface area contributed by atoms with Crippen LogP contribution in [-0.2, 0) is 15.1 Å². The van der Waals surface area contributed by atoms with Crippen molar-refractivity contribution in [2.24, 2.45) is 0 Å². The number of imide groups is 1. The SMILES string of the molecule is CCCOC[C@]1(c2ccccc2)C(=O)NC(=O)N1C. The number of carbonyl (C=O) groups is 2. The van der Waals surface area contributed by atoms with Crippen LogP contribution >= 0.6 is 0 Å². The van der Waals surface area contributed by atoms with Crippen molar-refractivity contribution >= 4 is 11.9 Å². The number of amides is 3. The van der Waals surface area contributed by atoms with Crippen molar-refractivity contribution in [2.45, 2.75) is 18.9 Å². The molecule has 19 heavy (non-hydrogen) atoms. The van der Waals surface area contributed by atoms with Gasteiger partial charge in [-0.2, -0.15) is 0 Å². The van der Waals surface area contributed by atoms with E-state index in [0.717, 1.165) is 12.0 Å². The summed E-state index contributed by atoms with van der Waals surface area (Å²) in [7, 11) is 1.61. The molecule has 0 saturated carbocycles. The van der Waals surface area contributed by atoms with Crippen LogP contribution in [0.5, 0.6) is 0 Å². The number of carbonyl (C=O) groups excluding carboxylic acids is 2. The van der Waals surface area contributed by atoms with E-state index < -0.39 is 11.6 Å². The number of benzene rings is 1. The largest absolute Gasteiger partial charge is 0.378 e. The van der Waals surface area contributed by atoms with Crippen LogP contribution < -0.4 is 5.32 Å². The van der Waals surface area contributed by atoms with E-state index in [0.29, 0.717) is 6.61 Å². The highest BCUT2D eigenvalue weighted by Gasteiger charge is 2.52. The fourth-order valence-corrected chi connectivity index (χ4v) is 2.26. The third kappa shape index (κ3) is 2.21. The van der Waals surface area contributed by atoms with Crippen molar-refractivity contribution in [3.63, 3.8) is 0 Å². The van der Waals surface area contributed by atoms with Crippen LogP contribution in [0.25, 0.3) is 0 Å². The number of hydrogen-bond donors (Lipinski definition) is 1. The second-order valence-electron chi connectivity index (χ2n) is 4.60. The highest BCUT2D eigenvalue weighted by Crippen LogP contribution is 2.32. The van der Waals surface area contributed by atoms with Gasteiger partial charge in [0.25, 0.3) is 5.91 Å². The minimum Gasteiger partial charge on any atom is -0.378 e. The van der Waals surface area contributed by atoms with Crippen molar-refractivity contribution < 1.29 is 14.3 Å². The second kappa shape index (κ2) is 5.40.